The van der Waals surface area contributed by atoms with Crippen LogP contribution in [0.3, 0.4) is 0 Å². The van der Waals surface area contributed by atoms with E-state index < -0.39 is 6.04 Å². The lowest BCUT2D eigenvalue weighted by atomic mass is 10.0. The lowest BCUT2D eigenvalue weighted by molar-refractivity contribution is -0.143. The highest BCUT2D eigenvalue weighted by atomic mass is 32.1. The molecule has 33 heavy (non-hydrogen) atoms. The second-order valence-electron chi connectivity index (χ2n) is 7.59. The summed E-state index contributed by atoms with van der Waals surface area (Å²) in [6.45, 7) is 4.00. The van der Waals surface area contributed by atoms with E-state index in [0.717, 1.165) is 31.9 Å². The van der Waals surface area contributed by atoms with E-state index in [4.69, 9.17) is 9.72 Å². The number of carbonyl (C=O) groups is 2. The van der Waals surface area contributed by atoms with E-state index in [9.17, 15) is 9.59 Å². The molecule has 0 aliphatic rings. The Balaban J connectivity index is 1.48. The lowest BCUT2D eigenvalue weighted by Crippen LogP contribution is -2.34. The normalized spacial score (nSPS) is 11.7. The molecular formula is C26H25N3O3S. The number of amides is 2. The summed E-state index contributed by atoms with van der Waals surface area (Å²) in [7, 11) is 0. The average Bonchev–Trinajstić information content (AvgIpc) is 3.25. The molecule has 0 bridgehead atoms. The summed E-state index contributed by atoms with van der Waals surface area (Å²) < 4.78 is 6.21. The van der Waals surface area contributed by atoms with Gasteiger partial charge in [-0.25, -0.2) is 9.78 Å². The number of para-hydroxylation sites is 1. The Morgan fingerprint density at radius 3 is 2.52 bits per heavy atom. The van der Waals surface area contributed by atoms with Crippen LogP contribution in [0.25, 0.3) is 20.8 Å². The largest absolute Gasteiger partial charge is 0.466 e. The predicted octanol–water partition coefficient (Wildman–Crippen LogP) is 6.09. The standard InChI is InChI=1S/C26H25N3O3S/c1-3-32-24(30)16-22(18-9-5-4-6-10-18)29-26(31)28-20-14-13-19(15-17(20)2)25-27-21-11-7-8-12-23(21)33-25/h4-15,22H,3,16H2,1-2H3,(H2,28,29,31)/t22-/m0/s1. The number of urea groups is 1. The highest BCUT2D eigenvalue weighted by Gasteiger charge is 2.19. The monoisotopic (exact) mass is 459 g/mol. The van der Waals surface area contributed by atoms with Crippen molar-refractivity contribution < 1.29 is 14.3 Å². The number of anilines is 1. The molecule has 2 amide bonds. The highest BCUT2D eigenvalue weighted by molar-refractivity contribution is 7.21. The van der Waals surface area contributed by atoms with Gasteiger partial charge in [-0.1, -0.05) is 42.5 Å². The highest BCUT2D eigenvalue weighted by Crippen LogP contribution is 2.32. The van der Waals surface area contributed by atoms with Crippen molar-refractivity contribution in [1.29, 1.82) is 0 Å². The molecule has 0 saturated heterocycles. The quantitative estimate of drug-likeness (QED) is 0.328. The number of fused-ring (bicyclic) bond motifs is 1. The maximum Gasteiger partial charge on any atom is 0.319 e. The summed E-state index contributed by atoms with van der Waals surface area (Å²) >= 11 is 1.64. The van der Waals surface area contributed by atoms with Crippen LogP contribution >= 0.6 is 11.3 Å². The average molecular weight is 460 g/mol. The van der Waals surface area contributed by atoms with Gasteiger partial charge in [-0.2, -0.15) is 0 Å². The van der Waals surface area contributed by atoms with Crippen molar-refractivity contribution in [3.63, 3.8) is 0 Å². The Morgan fingerprint density at radius 2 is 1.79 bits per heavy atom. The van der Waals surface area contributed by atoms with Gasteiger partial charge < -0.3 is 15.4 Å². The molecule has 4 aromatic rings. The molecule has 1 aromatic heterocycles. The Kier molecular flexibility index (Phi) is 7.00. The molecule has 0 aliphatic heterocycles. The summed E-state index contributed by atoms with van der Waals surface area (Å²) in [5, 5.41) is 6.74. The Morgan fingerprint density at radius 1 is 1.03 bits per heavy atom. The van der Waals surface area contributed by atoms with Gasteiger partial charge in [0, 0.05) is 11.3 Å². The topological polar surface area (TPSA) is 80.3 Å². The van der Waals surface area contributed by atoms with Crippen LogP contribution < -0.4 is 10.6 Å². The second kappa shape index (κ2) is 10.3. The van der Waals surface area contributed by atoms with Gasteiger partial charge in [-0.3, -0.25) is 4.79 Å². The minimum Gasteiger partial charge on any atom is -0.466 e. The van der Waals surface area contributed by atoms with Crippen LogP contribution in [-0.4, -0.2) is 23.6 Å². The molecule has 7 heteroatoms. The molecule has 0 unspecified atom stereocenters. The van der Waals surface area contributed by atoms with E-state index in [-0.39, 0.29) is 18.4 Å². The summed E-state index contributed by atoms with van der Waals surface area (Å²) in [5.74, 6) is -0.358. The van der Waals surface area contributed by atoms with E-state index in [1.54, 1.807) is 18.3 Å². The first-order valence-corrected chi connectivity index (χ1v) is 11.6. The summed E-state index contributed by atoms with van der Waals surface area (Å²) in [6, 6.07) is 22.4. The van der Waals surface area contributed by atoms with Crippen LogP contribution in [0.4, 0.5) is 10.5 Å². The molecular weight excluding hydrogens is 434 g/mol. The predicted molar refractivity (Wildman–Crippen MR) is 132 cm³/mol. The molecule has 0 fully saturated rings. The van der Waals surface area contributed by atoms with Crippen molar-refractivity contribution in [1.82, 2.24) is 10.3 Å². The van der Waals surface area contributed by atoms with Gasteiger partial charge in [0.1, 0.15) is 5.01 Å². The number of esters is 1. The van der Waals surface area contributed by atoms with Crippen LogP contribution in [-0.2, 0) is 9.53 Å². The van der Waals surface area contributed by atoms with Gasteiger partial charge in [-0.15, -0.1) is 11.3 Å². The van der Waals surface area contributed by atoms with Gasteiger partial charge >= 0.3 is 12.0 Å². The van der Waals surface area contributed by atoms with Crippen molar-refractivity contribution in [2.45, 2.75) is 26.3 Å². The number of hydrogen-bond acceptors (Lipinski definition) is 5. The molecule has 6 nitrogen and oxygen atoms in total. The van der Waals surface area contributed by atoms with Crippen LogP contribution in [0.1, 0.15) is 30.5 Å². The number of aryl methyl sites for hydroxylation is 1. The lowest BCUT2D eigenvalue weighted by Gasteiger charge is -2.19. The maximum atomic E-state index is 12.8. The number of hydrogen-bond donors (Lipinski definition) is 2. The van der Waals surface area contributed by atoms with Crippen LogP contribution in [0.2, 0.25) is 0 Å². The maximum absolute atomic E-state index is 12.8. The first kappa shape index (κ1) is 22.5. The fourth-order valence-corrected chi connectivity index (χ4v) is 4.54. The van der Waals surface area contributed by atoms with E-state index in [1.165, 1.54) is 0 Å². The number of thiazole rings is 1. The van der Waals surface area contributed by atoms with Crippen molar-refractivity contribution in [3.05, 3.63) is 83.9 Å². The zero-order chi connectivity index (χ0) is 23.2. The molecule has 0 saturated carbocycles. The molecule has 1 heterocycles. The molecule has 2 N–H and O–H groups in total. The fourth-order valence-electron chi connectivity index (χ4n) is 3.57. The molecule has 168 valence electrons. The Hall–Kier alpha value is -3.71. The number of rotatable bonds is 7. The number of carbonyl (C=O) groups excluding carboxylic acids is 2. The van der Waals surface area contributed by atoms with Gasteiger partial charge in [0.2, 0.25) is 0 Å². The minimum absolute atomic E-state index is 0.0563. The van der Waals surface area contributed by atoms with Crippen LogP contribution in [0, 0.1) is 6.92 Å². The SMILES string of the molecule is CCOC(=O)C[C@H](NC(=O)Nc1ccc(-c2nc3ccccc3s2)cc1C)c1ccccc1. The van der Waals surface area contributed by atoms with Gasteiger partial charge in [0.15, 0.2) is 0 Å². The van der Waals surface area contributed by atoms with E-state index in [1.807, 2.05) is 73.7 Å². The number of nitrogens with zero attached hydrogens (tertiary/aromatic N) is 1. The third-order valence-corrected chi connectivity index (χ3v) is 6.28. The molecule has 1 atom stereocenters. The molecule has 0 spiro atoms. The first-order chi connectivity index (χ1) is 16.0. The Bertz CT molecular complexity index is 1240. The van der Waals surface area contributed by atoms with E-state index >= 15 is 0 Å². The van der Waals surface area contributed by atoms with Crippen molar-refractivity contribution >= 4 is 39.2 Å². The zero-order valence-electron chi connectivity index (χ0n) is 18.5. The summed E-state index contributed by atoms with van der Waals surface area (Å²) in [5.41, 5.74) is 4.43. The van der Waals surface area contributed by atoms with E-state index in [0.29, 0.717) is 12.3 Å². The third-order valence-electron chi connectivity index (χ3n) is 5.20. The molecule has 0 radical (unpaired) electrons. The zero-order valence-corrected chi connectivity index (χ0v) is 19.3. The number of benzene rings is 3. The number of ether oxygens (including phenoxy) is 1. The van der Waals surface area contributed by atoms with Crippen LogP contribution in [0.15, 0.2) is 72.8 Å². The molecule has 4 rings (SSSR count). The van der Waals surface area contributed by atoms with Crippen molar-refractivity contribution in [3.8, 4) is 10.6 Å². The third kappa shape index (κ3) is 5.56. The fraction of sp³-hybridized carbons (Fsp3) is 0.192. The summed E-state index contributed by atoms with van der Waals surface area (Å²) in [6.07, 6.45) is 0.0563. The van der Waals surface area contributed by atoms with Crippen molar-refractivity contribution in [2.75, 3.05) is 11.9 Å². The smallest absolute Gasteiger partial charge is 0.319 e. The second-order valence-corrected chi connectivity index (χ2v) is 8.62. The molecule has 3 aromatic carbocycles. The molecule has 0 aliphatic carbocycles. The number of aromatic nitrogens is 1. The summed E-state index contributed by atoms with van der Waals surface area (Å²) in [4.78, 5) is 29.5. The van der Waals surface area contributed by atoms with Gasteiger partial charge in [0.25, 0.3) is 0 Å². The van der Waals surface area contributed by atoms with Gasteiger partial charge in [0.05, 0.1) is 29.3 Å². The Labute approximate surface area is 196 Å². The van der Waals surface area contributed by atoms with Crippen LogP contribution in [0.5, 0.6) is 0 Å². The number of nitrogens with one attached hydrogen (secondary N) is 2. The van der Waals surface area contributed by atoms with Crippen molar-refractivity contribution in [2.24, 2.45) is 0 Å². The van der Waals surface area contributed by atoms with Gasteiger partial charge in [-0.05, 0) is 55.3 Å². The first-order valence-electron chi connectivity index (χ1n) is 10.8. The minimum atomic E-state index is -0.493. The van der Waals surface area contributed by atoms with E-state index in [2.05, 4.69) is 16.7 Å².